The summed E-state index contributed by atoms with van der Waals surface area (Å²) in [5, 5.41) is 4.97. The molecule has 116 valence electrons. The van der Waals surface area contributed by atoms with Gasteiger partial charge < -0.3 is 10.1 Å². The molecule has 1 aliphatic rings. The van der Waals surface area contributed by atoms with Gasteiger partial charge in [-0.05, 0) is 24.3 Å². The maximum atomic E-state index is 12.3. The number of rotatable bonds is 4. The molecule has 0 spiro atoms. The van der Waals surface area contributed by atoms with Crippen LogP contribution in [0.1, 0.15) is 32.1 Å². The van der Waals surface area contributed by atoms with E-state index in [1.54, 1.807) is 7.05 Å². The minimum atomic E-state index is -0.392. The number of amides is 1. The molecule has 0 bridgehead atoms. The summed E-state index contributed by atoms with van der Waals surface area (Å²) >= 11 is 0. The minimum absolute atomic E-state index is 0.0140. The molecule has 1 aliphatic carbocycles. The highest BCUT2D eigenvalue weighted by molar-refractivity contribution is 5.89. The third-order valence-electron chi connectivity index (χ3n) is 4.59. The number of hydrogen-bond acceptors (Lipinski definition) is 2. The van der Waals surface area contributed by atoms with Crippen LogP contribution >= 0.6 is 0 Å². The summed E-state index contributed by atoms with van der Waals surface area (Å²) < 4.78 is 6.21. The van der Waals surface area contributed by atoms with Crippen LogP contribution in [-0.2, 0) is 4.79 Å². The fourth-order valence-corrected chi connectivity index (χ4v) is 3.38. The number of benzene rings is 2. The number of likely N-dealkylation sites (N-methyl/N-ethyl adjacent to an activating group) is 1. The molecule has 0 heterocycles. The molecule has 22 heavy (non-hydrogen) atoms. The van der Waals surface area contributed by atoms with Crippen LogP contribution in [0.15, 0.2) is 42.5 Å². The normalized spacial score (nSPS) is 17.1. The van der Waals surface area contributed by atoms with Gasteiger partial charge in [0.2, 0.25) is 0 Å². The van der Waals surface area contributed by atoms with E-state index in [0.29, 0.717) is 5.92 Å². The van der Waals surface area contributed by atoms with Crippen molar-refractivity contribution in [1.82, 2.24) is 5.32 Å². The number of nitrogens with one attached hydrogen (secondary N) is 1. The molecule has 1 fully saturated rings. The first-order valence-corrected chi connectivity index (χ1v) is 8.15. The number of carbonyl (C=O) groups is 1. The highest BCUT2D eigenvalue weighted by Crippen LogP contribution is 2.32. The van der Waals surface area contributed by atoms with Crippen LogP contribution < -0.4 is 10.1 Å². The number of fused-ring (bicyclic) bond motifs is 1. The molecule has 1 saturated carbocycles. The number of ether oxygens (including phenoxy) is 1. The van der Waals surface area contributed by atoms with Crippen LogP contribution in [0.4, 0.5) is 0 Å². The first kappa shape index (κ1) is 14.9. The van der Waals surface area contributed by atoms with Gasteiger partial charge in [-0.2, -0.15) is 0 Å². The fourth-order valence-electron chi connectivity index (χ4n) is 3.38. The van der Waals surface area contributed by atoms with Crippen molar-refractivity contribution < 1.29 is 9.53 Å². The fraction of sp³-hybridized carbons (Fsp3) is 0.421. The van der Waals surface area contributed by atoms with Gasteiger partial charge in [0.05, 0.1) is 0 Å². The Bertz CT molecular complexity index is 641. The maximum absolute atomic E-state index is 12.3. The first-order chi connectivity index (χ1) is 10.8. The Hall–Kier alpha value is -2.03. The molecule has 1 atom stereocenters. The van der Waals surface area contributed by atoms with E-state index in [4.69, 9.17) is 4.74 Å². The summed E-state index contributed by atoms with van der Waals surface area (Å²) in [5.74, 6) is 1.10. The van der Waals surface area contributed by atoms with Gasteiger partial charge in [0.25, 0.3) is 5.91 Å². The number of hydrogen-bond donors (Lipinski definition) is 1. The SMILES string of the molecule is CNC(=O)C(Oc1cccc2ccccc12)C1CCCCC1. The summed E-state index contributed by atoms with van der Waals surface area (Å²) in [4.78, 5) is 12.3. The molecule has 3 rings (SSSR count). The highest BCUT2D eigenvalue weighted by Gasteiger charge is 2.31. The predicted octanol–water partition coefficient (Wildman–Crippen LogP) is 3.91. The summed E-state index contributed by atoms with van der Waals surface area (Å²) in [7, 11) is 1.69. The van der Waals surface area contributed by atoms with E-state index in [-0.39, 0.29) is 5.91 Å². The van der Waals surface area contributed by atoms with E-state index in [1.807, 2.05) is 30.3 Å². The van der Waals surface area contributed by atoms with E-state index < -0.39 is 6.10 Å². The van der Waals surface area contributed by atoms with E-state index in [0.717, 1.165) is 29.4 Å². The minimum Gasteiger partial charge on any atom is -0.480 e. The van der Waals surface area contributed by atoms with Crippen LogP contribution in [0.2, 0.25) is 0 Å². The van der Waals surface area contributed by atoms with Gasteiger partial charge in [-0.3, -0.25) is 4.79 Å². The van der Waals surface area contributed by atoms with Crippen LogP contribution in [0.5, 0.6) is 5.75 Å². The molecule has 1 amide bonds. The van der Waals surface area contributed by atoms with Crippen LogP contribution in [0, 0.1) is 5.92 Å². The zero-order chi connectivity index (χ0) is 15.4. The van der Waals surface area contributed by atoms with Gasteiger partial charge >= 0.3 is 0 Å². The molecule has 0 radical (unpaired) electrons. The van der Waals surface area contributed by atoms with Crippen molar-refractivity contribution in [3.8, 4) is 5.75 Å². The van der Waals surface area contributed by atoms with Crippen molar-refractivity contribution in [3.63, 3.8) is 0 Å². The Kier molecular flexibility index (Phi) is 4.62. The predicted molar refractivity (Wildman–Crippen MR) is 89.0 cm³/mol. The molecule has 0 saturated heterocycles. The van der Waals surface area contributed by atoms with Crippen molar-refractivity contribution >= 4 is 16.7 Å². The van der Waals surface area contributed by atoms with Crippen molar-refractivity contribution in [2.75, 3.05) is 7.05 Å². The second kappa shape index (κ2) is 6.82. The molecule has 1 unspecified atom stereocenters. The van der Waals surface area contributed by atoms with Gasteiger partial charge in [-0.25, -0.2) is 0 Å². The average molecular weight is 297 g/mol. The zero-order valence-electron chi connectivity index (χ0n) is 13.0. The number of carbonyl (C=O) groups excluding carboxylic acids is 1. The molecule has 2 aromatic carbocycles. The van der Waals surface area contributed by atoms with Crippen molar-refractivity contribution in [3.05, 3.63) is 42.5 Å². The molecule has 3 heteroatoms. The molecule has 2 aromatic rings. The van der Waals surface area contributed by atoms with E-state index in [2.05, 4.69) is 17.4 Å². The monoisotopic (exact) mass is 297 g/mol. The molecule has 0 aromatic heterocycles. The summed E-state index contributed by atoms with van der Waals surface area (Å²) in [6, 6.07) is 14.1. The lowest BCUT2D eigenvalue weighted by Gasteiger charge is -2.29. The second-order valence-corrected chi connectivity index (χ2v) is 6.03. The third-order valence-corrected chi connectivity index (χ3v) is 4.59. The zero-order valence-corrected chi connectivity index (χ0v) is 13.0. The molecular weight excluding hydrogens is 274 g/mol. The topological polar surface area (TPSA) is 38.3 Å². The molecule has 1 N–H and O–H groups in total. The lowest BCUT2D eigenvalue weighted by Crippen LogP contribution is -2.42. The smallest absolute Gasteiger partial charge is 0.261 e. The van der Waals surface area contributed by atoms with Gasteiger partial charge in [0.15, 0.2) is 6.10 Å². The van der Waals surface area contributed by atoms with E-state index in [1.165, 1.54) is 19.3 Å². The van der Waals surface area contributed by atoms with Crippen LogP contribution in [0.25, 0.3) is 10.8 Å². The molecule has 0 aliphatic heterocycles. The van der Waals surface area contributed by atoms with Gasteiger partial charge in [-0.1, -0.05) is 55.7 Å². The first-order valence-electron chi connectivity index (χ1n) is 8.15. The highest BCUT2D eigenvalue weighted by atomic mass is 16.5. The lowest BCUT2D eigenvalue weighted by molar-refractivity contribution is -0.130. The Balaban J connectivity index is 1.89. The van der Waals surface area contributed by atoms with Crippen LogP contribution in [0.3, 0.4) is 0 Å². The summed E-state index contributed by atoms with van der Waals surface area (Å²) in [5.41, 5.74) is 0. The Morgan fingerprint density at radius 3 is 2.59 bits per heavy atom. The Morgan fingerprint density at radius 2 is 1.82 bits per heavy atom. The van der Waals surface area contributed by atoms with Crippen molar-refractivity contribution in [2.45, 2.75) is 38.2 Å². The summed E-state index contributed by atoms with van der Waals surface area (Å²) in [6.07, 6.45) is 5.40. The average Bonchev–Trinajstić information content (AvgIpc) is 2.60. The van der Waals surface area contributed by atoms with Gasteiger partial charge in [0, 0.05) is 18.4 Å². The van der Waals surface area contributed by atoms with Crippen molar-refractivity contribution in [2.24, 2.45) is 5.92 Å². The van der Waals surface area contributed by atoms with Crippen LogP contribution in [-0.4, -0.2) is 19.1 Å². The van der Waals surface area contributed by atoms with Gasteiger partial charge in [-0.15, -0.1) is 0 Å². The maximum Gasteiger partial charge on any atom is 0.261 e. The third kappa shape index (κ3) is 3.08. The lowest BCUT2D eigenvalue weighted by atomic mass is 9.85. The quantitative estimate of drug-likeness (QED) is 0.929. The Labute approximate surface area is 131 Å². The van der Waals surface area contributed by atoms with E-state index in [9.17, 15) is 4.79 Å². The summed E-state index contributed by atoms with van der Waals surface area (Å²) in [6.45, 7) is 0. The largest absolute Gasteiger partial charge is 0.480 e. The van der Waals surface area contributed by atoms with Gasteiger partial charge in [0.1, 0.15) is 5.75 Å². The standard InChI is InChI=1S/C19H23NO2/c1-20-19(21)18(15-9-3-2-4-10-15)22-17-13-7-11-14-8-5-6-12-16(14)17/h5-8,11-13,15,18H,2-4,9-10H2,1H3,(H,20,21). The molecule has 3 nitrogen and oxygen atoms in total. The second-order valence-electron chi connectivity index (χ2n) is 6.03. The molecular formula is C19H23NO2. The van der Waals surface area contributed by atoms with Crippen molar-refractivity contribution in [1.29, 1.82) is 0 Å². The van der Waals surface area contributed by atoms with E-state index >= 15 is 0 Å². The Morgan fingerprint density at radius 1 is 1.09 bits per heavy atom.